The van der Waals surface area contributed by atoms with E-state index in [1.54, 1.807) is 11.3 Å². The van der Waals surface area contributed by atoms with Crippen LogP contribution in [0.2, 0.25) is 0 Å². The standard InChI is InChI=1S/C10H13N5OS/c11-7-4-8(12)15(16)10(13)9(7)14-5-6-2-1-3-17-6/h1-4,13-14,16H,5,11-12H2. The molecule has 2 aromatic heterocycles. The summed E-state index contributed by atoms with van der Waals surface area (Å²) in [5.74, 6) is 0.0363. The van der Waals surface area contributed by atoms with Crippen molar-refractivity contribution in [3.8, 4) is 0 Å². The Labute approximate surface area is 102 Å². The molecule has 0 radical (unpaired) electrons. The summed E-state index contributed by atoms with van der Waals surface area (Å²) in [7, 11) is 0. The Morgan fingerprint density at radius 2 is 2.24 bits per heavy atom. The number of thiophene rings is 1. The first-order valence-corrected chi connectivity index (χ1v) is 5.78. The van der Waals surface area contributed by atoms with Crippen LogP contribution in [0.25, 0.3) is 0 Å². The molecule has 0 aliphatic rings. The van der Waals surface area contributed by atoms with Gasteiger partial charge in [-0.15, -0.1) is 11.3 Å². The van der Waals surface area contributed by atoms with Crippen LogP contribution in [0.1, 0.15) is 4.88 Å². The van der Waals surface area contributed by atoms with Crippen molar-refractivity contribution in [3.05, 3.63) is 33.9 Å². The summed E-state index contributed by atoms with van der Waals surface area (Å²) in [6.07, 6.45) is 0. The Morgan fingerprint density at radius 1 is 1.47 bits per heavy atom. The van der Waals surface area contributed by atoms with Gasteiger partial charge in [0, 0.05) is 17.5 Å². The lowest BCUT2D eigenvalue weighted by Gasteiger charge is -2.11. The molecule has 7 heteroatoms. The Hall–Kier alpha value is -2.15. The van der Waals surface area contributed by atoms with Gasteiger partial charge in [-0.2, -0.15) is 4.73 Å². The fourth-order valence-electron chi connectivity index (χ4n) is 1.44. The van der Waals surface area contributed by atoms with Gasteiger partial charge in [0.25, 0.3) is 0 Å². The molecule has 7 N–H and O–H groups in total. The number of nitrogen functional groups attached to an aromatic ring is 2. The van der Waals surface area contributed by atoms with Crippen LogP contribution in [-0.4, -0.2) is 9.94 Å². The van der Waals surface area contributed by atoms with Crippen LogP contribution in [0, 0.1) is 5.41 Å². The highest BCUT2D eigenvalue weighted by Gasteiger charge is 2.08. The van der Waals surface area contributed by atoms with Crippen molar-refractivity contribution in [2.75, 3.05) is 16.8 Å². The normalized spacial score (nSPS) is 10.4. The molecule has 0 bridgehead atoms. The van der Waals surface area contributed by atoms with Gasteiger partial charge >= 0.3 is 0 Å². The molecule has 90 valence electrons. The minimum Gasteiger partial charge on any atom is -0.425 e. The number of hydrogen-bond donors (Lipinski definition) is 5. The van der Waals surface area contributed by atoms with E-state index in [0.29, 0.717) is 22.6 Å². The first kappa shape index (κ1) is 11.3. The summed E-state index contributed by atoms with van der Waals surface area (Å²) >= 11 is 1.60. The molecule has 0 aromatic carbocycles. The number of hydrogen-bond acceptors (Lipinski definition) is 6. The summed E-state index contributed by atoms with van der Waals surface area (Å²) in [5, 5.41) is 22.2. The molecular formula is C10H13N5OS. The zero-order chi connectivity index (χ0) is 12.4. The summed E-state index contributed by atoms with van der Waals surface area (Å²) in [6, 6.07) is 5.33. The van der Waals surface area contributed by atoms with Crippen molar-refractivity contribution < 1.29 is 5.21 Å². The molecule has 0 amide bonds. The Balaban J connectivity index is 2.27. The van der Waals surface area contributed by atoms with Crippen molar-refractivity contribution in [2.24, 2.45) is 0 Å². The van der Waals surface area contributed by atoms with Gasteiger partial charge in [0.15, 0.2) is 5.49 Å². The van der Waals surface area contributed by atoms with E-state index in [2.05, 4.69) is 5.32 Å². The van der Waals surface area contributed by atoms with Crippen LogP contribution in [0.4, 0.5) is 17.2 Å². The molecule has 17 heavy (non-hydrogen) atoms. The Morgan fingerprint density at radius 3 is 2.88 bits per heavy atom. The van der Waals surface area contributed by atoms with Crippen molar-refractivity contribution >= 4 is 28.5 Å². The second kappa shape index (κ2) is 4.38. The van der Waals surface area contributed by atoms with Crippen molar-refractivity contribution in [1.29, 1.82) is 5.41 Å². The third-order valence-corrected chi connectivity index (χ3v) is 3.18. The topological polar surface area (TPSA) is 113 Å². The Kier molecular flexibility index (Phi) is 2.92. The van der Waals surface area contributed by atoms with Gasteiger partial charge in [0.2, 0.25) is 0 Å². The van der Waals surface area contributed by atoms with Gasteiger partial charge in [-0.1, -0.05) is 6.07 Å². The van der Waals surface area contributed by atoms with Gasteiger partial charge in [-0.05, 0) is 11.4 Å². The summed E-state index contributed by atoms with van der Waals surface area (Å²) in [6.45, 7) is 0.553. The molecule has 2 aromatic rings. The van der Waals surface area contributed by atoms with Crippen LogP contribution < -0.4 is 22.3 Å². The summed E-state index contributed by atoms with van der Waals surface area (Å²) in [4.78, 5) is 1.12. The van der Waals surface area contributed by atoms with Crippen molar-refractivity contribution in [3.63, 3.8) is 0 Å². The van der Waals surface area contributed by atoms with E-state index >= 15 is 0 Å². The van der Waals surface area contributed by atoms with Crippen LogP contribution >= 0.6 is 11.3 Å². The molecule has 0 spiro atoms. The predicted molar refractivity (Wildman–Crippen MR) is 67.9 cm³/mol. The molecule has 0 saturated heterocycles. The van der Waals surface area contributed by atoms with Crippen molar-refractivity contribution in [1.82, 2.24) is 4.73 Å². The fraction of sp³-hybridized carbons (Fsp3) is 0.100. The average Bonchev–Trinajstić information content (AvgIpc) is 2.79. The highest BCUT2D eigenvalue weighted by Crippen LogP contribution is 2.17. The van der Waals surface area contributed by atoms with Gasteiger partial charge in [0.1, 0.15) is 11.5 Å². The largest absolute Gasteiger partial charge is 0.425 e. The minimum absolute atomic E-state index is 0.0363. The number of nitrogens with zero attached hydrogens (tertiary/aromatic N) is 1. The molecule has 0 unspecified atom stereocenters. The highest BCUT2D eigenvalue weighted by atomic mass is 32.1. The van der Waals surface area contributed by atoms with E-state index in [9.17, 15) is 5.21 Å². The Bertz CT molecular complexity index is 575. The first-order chi connectivity index (χ1) is 8.09. The number of rotatable bonds is 3. The molecule has 6 nitrogen and oxygen atoms in total. The molecule has 0 saturated carbocycles. The van der Waals surface area contributed by atoms with Crippen LogP contribution in [0.15, 0.2) is 23.6 Å². The molecule has 0 fully saturated rings. The monoisotopic (exact) mass is 251 g/mol. The molecular weight excluding hydrogens is 238 g/mol. The molecule has 2 rings (SSSR count). The number of nitrogens with one attached hydrogen (secondary N) is 2. The fourth-order valence-corrected chi connectivity index (χ4v) is 2.08. The van der Waals surface area contributed by atoms with E-state index < -0.39 is 0 Å². The maximum absolute atomic E-state index is 9.48. The number of nitrogens with two attached hydrogens (primary N) is 2. The van der Waals surface area contributed by atoms with Crippen LogP contribution in [-0.2, 0) is 6.54 Å². The second-order valence-corrected chi connectivity index (χ2v) is 4.53. The van der Waals surface area contributed by atoms with Gasteiger partial charge in [0.05, 0.1) is 5.69 Å². The van der Waals surface area contributed by atoms with Gasteiger partial charge < -0.3 is 22.0 Å². The first-order valence-electron chi connectivity index (χ1n) is 4.90. The van der Waals surface area contributed by atoms with Crippen LogP contribution in [0.5, 0.6) is 0 Å². The van der Waals surface area contributed by atoms with E-state index in [1.165, 1.54) is 6.07 Å². The second-order valence-electron chi connectivity index (χ2n) is 3.49. The van der Waals surface area contributed by atoms with E-state index in [0.717, 1.165) is 4.88 Å². The predicted octanol–water partition coefficient (Wildman–Crippen LogP) is 1.04. The maximum Gasteiger partial charge on any atom is 0.188 e. The highest BCUT2D eigenvalue weighted by molar-refractivity contribution is 7.09. The lowest BCUT2D eigenvalue weighted by molar-refractivity contribution is 0.178. The number of aromatic nitrogens is 1. The van der Waals surface area contributed by atoms with Gasteiger partial charge in [-0.3, -0.25) is 5.41 Å². The summed E-state index contributed by atoms with van der Waals surface area (Å²) < 4.78 is 0.590. The maximum atomic E-state index is 9.48. The molecule has 0 aliphatic carbocycles. The van der Waals surface area contributed by atoms with Crippen LogP contribution in [0.3, 0.4) is 0 Å². The smallest absolute Gasteiger partial charge is 0.188 e. The lowest BCUT2D eigenvalue weighted by atomic mass is 10.3. The third kappa shape index (κ3) is 2.18. The quantitative estimate of drug-likeness (QED) is 0.524. The van der Waals surface area contributed by atoms with Crippen molar-refractivity contribution in [2.45, 2.75) is 6.54 Å². The minimum atomic E-state index is -0.154. The molecule has 2 heterocycles. The number of anilines is 3. The van der Waals surface area contributed by atoms with E-state index in [4.69, 9.17) is 16.9 Å². The SMILES string of the molecule is N=c1c(NCc2cccs2)c(N)cc(N)n1O. The van der Waals surface area contributed by atoms with E-state index in [1.807, 2.05) is 17.5 Å². The zero-order valence-electron chi connectivity index (χ0n) is 8.97. The molecule has 0 atom stereocenters. The van der Waals surface area contributed by atoms with E-state index in [-0.39, 0.29) is 11.3 Å². The average molecular weight is 251 g/mol. The zero-order valence-corrected chi connectivity index (χ0v) is 9.79. The third-order valence-electron chi connectivity index (χ3n) is 2.30. The summed E-state index contributed by atoms with van der Waals surface area (Å²) in [5.41, 5.74) is 11.8. The molecule has 0 aliphatic heterocycles. The lowest BCUT2D eigenvalue weighted by Crippen LogP contribution is -2.25. The number of pyridine rings is 1. The van der Waals surface area contributed by atoms with Gasteiger partial charge in [-0.25, -0.2) is 0 Å².